The summed E-state index contributed by atoms with van der Waals surface area (Å²) in [4.78, 5) is 6.80. The van der Waals surface area contributed by atoms with Crippen LogP contribution in [0.5, 0.6) is 0 Å². The normalized spacial score (nSPS) is 19.0. The van der Waals surface area contributed by atoms with Crippen molar-refractivity contribution in [2.45, 2.75) is 39.0 Å². The van der Waals surface area contributed by atoms with Crippen LogP contribution in [0.15, 0.2) is 42.6 Å². The molecule has 0 radical (unpaired) electrons. The van der Waals surface area contributed by atoms with Crippen molar-refractivity contribution in [1.29, 1.82) is 0 Å². The zero-order valence-electron chi connectivity index (χ0n) is 12.5. The summed E-state index contributed by atoms with van der Waals surface area (Å²) < 4.78 is 0. The molecule has 1 atom stereocenters. The van der Waals surface area contributed by atoms with Crippen LogP contribution in [0.3, 0.4) is 0 Å². The zero-order valence-corrected chi connectivity index (χ0v) is 12.5. The van der Waals surface area contributed by atoms with Crippen LogP contribution in [-0.4, -0.2) is 27.6 Å². The van der Waals surface area contributed by atoms with E-state index in [4.69, 9.17) is 0 Å². The molecule has 1 aliphatic rings. The molecule has 3 heteroatoms. The maximum Gasteiger partial charge on any atom is 0.0859 e. The molecule has 3 nitrogen and oxygen atoms in total. The number of aliphatic hydroxyl groups excluding tert-OH is 1. The van der Waals surface area contributed by atoms with Crippen molar-refractivity contribution in [1.82, 2.24) is 9.88 Å². The molecule has 1 aliphatic heterocycles. The summed E-state index contributed by atoms with van der Waals surface area (Å²) in [5.41, 5.74) is 4.23. The van der Waals surface area contributed by atoms with Crippen LogP contribution in [0.2, 0.25) is 0 Å². The number of aliphatic hydroxyl groups is 1. The highest BCUT2D eigenvalue weighted by Gasteiger charge is 2.20. The van der Waals surface area contributed by atoms with Gasteiger partial charge in [0.15, 0.2) is 0 Å². The van der Waals surface area contributed by atoms with Crippen molar-refractivity contribution < 1.29 is 5.11 Å². The van der Waals surface area contributed by atoms with Gasteiger partial charge in [0.25, 0.3) is 0 Å². The second-order valence-corrected chi connectivity index (χ2v) is 5.82. The van der Waals surface area contributed by atoms with Gasteiger partial charge in [-0.3, -0.25) is 9.88 Å². The van der Waals surface area contributed by atoms with Gasteiger partial charge in [0, 0.05) is 24.3 Å². The van der Waals surface area contributed by atoms with Crippen LogP contribution in [0.4, 0.5) is 0 Å². The maximum absolute atomic E-state index is 9.44. The number of nitrogens with zero attached hydrogens (tertiary/aromatic N) is 2. The molecule has 110 valence electrons. The van der Waals surface area contributed by atoms with Crippen molar-refractivity contribution in [2.24, 2.45) is 0 Å². The van der Waals surface area contributed by atoms with Gasteiger partial charge in [-0.2, -0.15) is 0 Å². The third-order valence-electron chi connectivity index (χ3n) is 4.35. The van der Waals surface area contributed by atoms with E-state index >= 15 is 0 Å². The van der Waals surface area contributed by atoms with Gasteiger partial charge >= 0.3 is 0 Å². The highest BCUT2D eigenvalue weighted by Crippen LogP contribution is 2.25. The number of hydrogen-bond acceptors (Lipinski definition) is 3. The monoisotopic (exact) mass is 282 g/mol. The van der Waals surface area contributed by atoms with E-state index in [-0.39, 0.29) is 6.61 Å². The molecule has 3 rings (SSSR count). The fraction of sp³-hybridized carbons (Fsp3) is 0.389. The predicted molar refractivity (Wildman–Crippen MR) is 84.7 cm³/mol. The van der Waals surface area contributed by atoms with E-state index in [0.29, 0.717) is 6.04 Å². The van der Waals surface area contributed by atoms with Crippen molar-refractivity contribution >= 4 is 0 Å². The van der Waals surface area contributed by atoms with Crippen LogP contribution in [-0.2, 0) is 13.2 Å². The van der Waals surface area contributed by atoms with E-state index in [9.17, 15) is 5.11 Å². The van der Waals surface area contributed by atoms with Crippen molar-refractivity contribution in [2.75, 3.05) is 6.54 Å². The van der Waals surface area contributed by atoms with Gasteiger partial charge in [-0.25, -0.2) is 0 Å². The van der Waals surface area contributed by atoms with Crippen molar-refractivity contribution in [3.05, 3.63) is 53.9 Å². The summed E-state index contributed by atoms with van der Waals surface area (Å²) in [6.07, 6.45) is 4.33. The number of pyridine rings is 1. The second-order valence-electron chi connectivity index (χ2n) is 5.82. The number of hydrogen-bond donors (Lipinski definition) is 1. The van der Waals surface area contributed by atoms with E-state index in [2.05, 4.69) is 41.1 Å². The Hall–Kier alpha value is -1.71. The molecule has 0 amide bonds. The van der Waals surface area contributed by atoms with Gasteiger partial charge in [0.1, 0.15) is 0 Å². The average Bonchev–Trinajstić information content (AvgIpc) is 2.93. The van der Waals surface area contributed by atoms with E-state index < -0.39 is 0 Å². The van der Waals surface area contributed by atoms with Crippen LogP contribution in [0.25, 0.3) is 11.1 Å². The van der Waals surface area contributed by atoms with Gasteiger partial charge in [-0.1, -0.05) is 24.3 Å². The van der Waals surface area contributed by atoms with Gasteiger partial charge < -0.3 is 5.11 Å². The van der Waals surface area contributed by atoms with Crippen molar-refractivity contribution in [3.8, 4) is 11.1 Å². The van der Waals surface area contributed by atoms with Crippen LogP contribution in [0.1, 0.15) is 31.0 Å². The Morgan fingerprint density at radius 3 is 2.95 bits per heavy atom. The third kappa shape index (κ3) is 3.14. The average molecular weight is 282 g/mol. The van der Waals surface area contributed by atoms with E-state index in [1.807, 2.05) is 12.1 Å². The number of rotatable bonds is 4. The smallest absolute Gasteiger partial charge is 0.0859 e. The molecule has 1 N–H and O–H groups in total. The minimum Gasteiger partial charge on any atom is -0.390 e. The van der Waals surface area contributed by atoms with Crippen LogP contribution < -0.4 is 0 Å². The topological polar surface area (TPSA) is 36.4 Å². The molecule has 2 heterocycles. The highest BCUT2D eigenvalue weighted by molar-refractivity contribution is 5.66. The van der Waals surface area contributed by atoms with E-state index in [1.165, 1.54) is 24.9 Å². The lowest BCUT2D eigenvalue weighted by atomic mass is 10.0. The second kappa shape index (κ2) is 6.37. The molecule has 21 heavy (non-hydrogen) atoms. The molecule has 0 bridgehead atoms. The Balaban J connectivity index is 1.86. The van der Waals surface area contributed by atoms with Gasteiger partial charge in [0.05, 0.1) is 12.3 Å². The predicted octanol–water partition coefficient (Wildman–Crippen LogP) is 3.23. The first-order valence-electron chi connectivity index (χ1n) is 7.66. The molecule has 1 fully saturated rings. The quantitative estimate of drug-likeness (QED) is 0.935. The lowest BCUT2D eigenvalue weighted by molar-refractivity contribution is 0.260. The number of benzene rings is 1. The van der Waals surface area contributed by atoms with Crippen LogP contribution in [0, 0.1) is 0 Å². The lowest BCUT2D eigenvalue weighted by Gasteiger charge is -2.21. The first-order valence-corrected chi connectivity index (χ1v) is 7.66. The summed E-state index contributed by atoms with van der Waals surface area (Å²) >= 11 is 0. The Morgan fingerprint density at radius 1 is 1.29 bits per heavy atom. The third-order valence-corrected chi connectivity index (χ3v) is 4.35. The molecule has 2 aromatic rings. The molecule has 0 unspecified atom stereocenters. The molecule has 0 saturated carbocycles. The molecule has 1 saturated heterocycles. The number of aromatic nitrogens is 1. The summed E-state index contributed by atoms with van der Waals surface area (Å²) in [5, 5.41) is 9.44. The fourth-order valence-corrected chi connectivity index (χ4v) is 3.13. The Morgan fingerprint density at radius 2 is 2.19 bits per heavy atom. The molecule has 1 aromatic heterocycles. The molecule has 1 aromatic carbocycles. The molecular weight excluding hydrogens is 260 g/mol. The zero-order chi connectivity index (χ0) is 14.7. The van der Waals surface area contributed by atoms with Crippen molar-refractivity contribution in [3.63, 3.8) is 0 Å². The maximum atomic E-state index is 9.44. The number of likely N-dealkylation sites (tertiary alicyclic amines) is 1. The van der Waals surface area contributed by atoms with E-state index in [1.54, 1.807) is 6.20 Å². The largest absolute Gasteiger partial charge is 0.390 e. The van der Waals surface area contributed by atoms with Crippen LogP contribution >= 0.6 is 0 Å². The summed E-state index contributed by atoms with van der Waals surface area (Å²) in [6, 6.07) is 13.2. The first-order chi connectivity index (χ1) is 10.3. The summed E-state index contributed by atoms with van der Waals surface area (Å²) in [7, 11) is 0. The highest BCUT2D eigenvalue weighted by atomic mass is 16.3. The molecular formula is C18H22N2O. The van der Waals surface area contributed by atoms with E-state index in [0.717, 1.165) is 23.4 Å². The Kier molecular flexibility index (Phi) is 4.32. The minimum absolute atomic E-state index is 0.0242. The Bertz CT molecular complexity index is 612. The van der Waals surface area contributed by atoms with Gasteiger partial charge in [0.2, 0.25) is 0 Å². The molecule has 0 spiro atoms. The molecule has 0 aliphatic carbocycles. The first kappa shape index (κ1) is 14.2. The fourth-order valence-electron chi connectivity index (χ4n) is 3.13. The minimum atomic E-state index is -0.0242. The SMILES string of the molecule is C[C@@H]1CCCN1Cc1cccc(-c2cccnc2CO)c1. The lowest BCUT2D eigenvalue weighted by Crippen LogP contribution is -2.26. The summed E-state index contributed by atoms with van der Waals surface area (Å²) in [5.74, 6) is 0. The standard InChI is InChI=1S/C18H22N2O/c1-14-5-4-10-20(14)12-15-6-2-7-16(11-15)17-8-3-9-19-18(17)13-21/h2-3,6-9,11,14,21H,4-5,10,12-13H2,1H3/t14-/m1/s1. The Labute approximate surface area is 126 Å². The van der Waals surface area contributed by atoms with Gasteiger partial charge in [-0.05, 0) is 49.6 Å². The van der Waals surface area contributed by atoms with Gasteiger partial charge in [-0.15, -0.1) is 0 Å². The summed E-state index contributed by atoms with van der Waals surface area (Å²) in [6.45, 7) is 4.48.